The monoisotopic (exact) mass is 640 g/mol. The van der Waals surface area contributed by atoms with E-state index in [9.17, 15) is 14.7 Å². The van der Waals surface area contributed by atoms with Crippen molar-refractivity contribution >= 4 is 37.5 Å². The first-order chi connectivity index (χ1) is 20.8. The molecule has 0 bridgehead atoms. The summed E-state index contributed by atoms with van der Waals surface area (Å²) in [4.78, 5) is 31.5. The minimum Gasteiger partial charge on any atom is -0.395 e. The molecule has 1 saturated heterocycles. The van der Waals surface area contributed by atoms with Crippen LogP contribution in [0.5, 0.6) is 0 Å². The van der Waals surface area contributed by atoms with Gasteiger partial charge in [0.2, 0.25) is 14.3 Å². The number of anilines is 1. The van der Waals surface area contributed by atoms with Gasteiger partial charge < -0.3 is 23.8 Å². The van der Waals surface area contributed by atoms with E-state index in [-0.39, 0.29) is 31.4 Å². The van der Waals surface area contributed by atoms with Gasteiger partial charge in [-0.2, -0.15) is 0 Å². The summed E-state index contributed by atoms with van der Waals surface area (Å²) in [6, 6.07) is 14.9. The number of ether oxygens (including phenoxy) is 1. The smallest absolute Gasteiger partial charge is 0.264 e. The number of hydrogen-bond donors (Lipinski definition) is 1. The number of carbonyl (C=O) groups excluding carboxylic acids is 2. The van der Waals surface area contributed by atoms with Crippen molar-refractivity contribution in [2.75, 3.05) is 24.6 Å². The molecular weight excluding hydrogens is 595 g/mol. The minimum absolute atomic E-state index is 0.0868. The van der Waals surface area contributed by atoms with E-state index in [0.29, 0.717) is 29.4 Å². The predicted octanol–water partition coefficient (Wildman–Crippen LogP) is 7.57. The lowest BCUT2D eigenvalue weighted by Gasteiger charge is -2.31. The summed E-state index contributed by atoms with van der Waals surface area (Å²) in [5.41, 5.74) is 2.65. The average molecular weight is 641 g/mol. The molecule has 1 fully saturated rings. The number of amides is 2. The molecule has 1 spiro atoms. The lowest BCUT2D eigenvalue weighted by molar-refractivity contribution is -0.149. The van der Waals surface area contributed by atoms with Crippen molar-refractivity contribution in [3.05, 3.63) is 88.0 Å². The number of nitrogens with zero attached hydrogens (tertiary/aromatic N) is 2. The SMILES string of the molecule is CC(C)=CCC/C(C)=C/CN1C(=O)[C@@]2(O[C@@H](CC(=O)N(CCO)Cc3ccccc3)[C@H]([Si](C)(C)F)[C@H]2C)c2cc(Cl)ccc21. The van der Waals surface area contributed by atoms with Crippen LogP contribution in [0.25, 0.3) is 0 Å². The molecule has 4 rings (SSSR count). The van der Waals surface area contributed by atoms with E-state index in [4.69, 9.17) is 16.3 Å². The molecule has 2 aliphatic heterocycles. The molecule has 2 heterocycles. The third-order valence-electron chi connectivity index (χ3n) is 8.95. The molecule has 0 saturated carbocycles. The fourth-order valence-corrected chi connectivity index (χ4v) is 9.52. The average Bonchev–Trinajstić information content (AvgIpc) is 3.37. The third-order valence-corrected chi connectivity index (χ3v) is 11.6. The second kappa shape index (κ2) is 14.1. The Labute approximate surface area is 267 Å². The Kier molecular flexibility index (Phi) is 10.9. The van der Waals surface area contributed by atoms with Gasteiger partial charge in [-0.05, 0) is 70.5 Å². The first-order valence-electron chi connectivity index (χ1n) is 15.5. The molecule has 2 aliphatic rings. The van der Waals surface area contributed by atoms with Crippen LogP contribution in [0.1, 0.15) is 58.1 Å². The maximum Gasteiger partial charge on any atom is 0.264 e. The van der Waals surface area contributed by atoms with Crippen LogP contribution in [0.4, 0.5) is 9.80 Å². The molecule has 0 radical (unpaired) electrons. The topological polar surface area (TPSA) is 70.1 Å². The van der Waals surface area contributed by atoms with Crippen LogP contribution >= 0.6 is 11.6 Å². The number of allylic oxidation sites excluding steroid dienone is 3. The molecule has 0 aromatic heterocycles. The van der Waals surface area contributed by atoms with Crippen molar-refractivity contribution < 1.29 is 23.5 Å². The number of rotatable bonds is 12. The van der Waals surface area contributed by atoms with Gasteiger partial charge in [-0.25, -0.2) is 0 Å². The van der Waals surface area contributed by atoms with Gasteiger partial charge in [0.15, 0.2) is 5.60 Å². The number of fused-ring (bicyclic) bond motifs is 2. The van der Waals surface area contributed by atoms with Gasteiger partial charge in [-0.15, -0.1) is 0 Å². The molecule has 2 amide bonds. The predicted molar refractivity (Wildman–Crippen MR) is 178 cm³/mol. The number of carbonyl (C=O) groups is 2. The molecule has 9 heteroatoms. The first-order valence-corrected chi connectivity index (χ1v) is 18.8. The van der Waals surface area contributed by atoms with Crippen LogP contribution in [0.2, 0.25) is 23.7 Å². The third kappa shape index (κ3) is 7.20. The van der Waals surface area contributed by atoms with E-state index in [1.165, 1.54) is 11.1 Å². The van der Waals surface area contributed by atoms with E-state index in [2.05, 4.69) is 32.9 Å². The highest BCUT2D eigenvalue weighted by molar-refractivity contribution is 6.72. The van der Waals surface area contributed by atoms with E-state index < -0.39 is 31.6 Å². The van der Waals surface area contributed by atoms with Crippen molar-refractivity contribution in [1.29, 1.82) is 0 Å². The van der Waals surface area contributed by atoms with Crippen LogP contribution in [0.15, 0.2) is 71.8 Å². The minimum atomic E-state index is -3.45. The highest BCUT2D eigenvalue weighted by Gasteiger charge is 2.67. The summed E-state index contributed by atoms with van der Waals surface area (Å²) in [5.74, 6) is -1.01. The Morgan fingerprint density at radius 2 is 1.86 bits per heavy atom. The van der Waals surface area contributed by atoms with Crippen molar-refractivity contribution in [2.45, 2.75) is 83.8 Å². The molecule has 44 heavy (non-hydrogen) atoms. The Hall–Kier alpha value is -2.78. The van der Waals surface area contributed by atoms with E-state index >= 15 is 4.11 Å². The van der Waals surface area contributed by atoms with Crippen LogP contribution < -0.4 is 4.90 Å². The Morgan fingerprint density at radius 1 is 1.16 bits per heavy atom. The van der Waals surface area contributed by atoms with E-state index in [1.807, 2.05) is 43.3 Å². The van der Waals surface area contributed by atoms with Gasteiger partial charge in [-0.3, -0.25) is 9.59 Å². The zero-order valence-electron chi connectivity index (χ0n) is 26.8. The van der Waals surface area contributed by atoms with Crippen molar-refractivity contribution in [3.8, 4) is 0 Å². The summed E-state index contributed by atoms with van der Waals surface area (Å²) in [5, 5.41) is 10.2. The normalized spacial score (nSPS) is 23.3. The molecule has 2 aromatic rings. The Morgan fingerprint density at radius 3 is 2.50 bits per heavy atom. The summed E-state index contributed by atoms with van der Waals surface area (Å²) >= 11 is 6.49. The van der Waals surface area contributed by atoms with Gasteiger partial charge in [-0.1, -0.05) is 72.2 Å². The molecule has 238 valence electrons. The van der Waals surface area contributed by atoms with Crippen molar-refractivity contribution in [2.24, 2.45) is 5.92 Å². The van der Waals surface area contributed by atoms with Gasteiger partial charge in [0, 0.05) is 41.7 Å². The second-order valence-corrected chi connectivity index (χ2v) is 17.2. The van der Waals surface area contributed by atoms with Crippen LogP contribution in [-0.2, 0) is 26.5 Å². The fourth-order valence-electron chi connectivity index (χ4n) is 6.86. The number of aliphatic hydroxyl groups is 1. The molecule has 2 aromatic carbocycles. The lowest BCUT2D eigenvalue weighted by atomic mass is 9.82. The van der Waals surface area contributed by atoms with Crippen molar-refractivity contribution in [1.82, 2.24) is 4.90 Å². The Bertz CT molecular complexity index is 1410. The standard InChI is InChI=1S/C35H46ClFN2O4Si/c1-24(2)11-10-12-25(3)17-18-39-30-16-15-28(36)21-29(30)35(34(39)42)26(4)33(44(5,6)37)31(43-35)22-32(41)38(19-20-40)23-27-13-8-7-9-14-27/h7-9,11,13-17,21,26,31,33,40H,10,12,18-20,22-23H2,1-6H3/b25-17+/t26-,31+,33-,35+/m1/s1. The van der Waals surface area contributed by atoms with Gasteiger partial charge in [0.05, 0.1) is 24.8 Å². The summed E-state index contributed by atoms with van der Waals surface area (Å²) < 4.78 is 23.0. The number of hydrogen-bond acceptors (Lipinski definition) is 4. The van der Waals surface area contributed by atoms with Crippen molar-refractivity contribution in [3.63, 3.8) is 0 Å². The lowest BCUT2D eigenvalue weighted by Crippen LogP contribution is -2.45. The van der Waals surface area contributed by atoms with Crippen LogP contribution in [0.3, 0.4) is 0 Å². The van der Waals surface area contributed by atoms with Crippen LogP contribution in [0, 0.1) is 5.92 Å². The molecule has 0 aliphatic carbocycles. The fraction of sp³-hybridized carbons (Fsp3) is 0.486. The van der Waals surface area contributed by atoms with E-state index in [1.54, 1.807) is 35.0 Å². The Balaban J connectivity index is 1.66. The molecular formula is C35H46ClFN2O4Si. The molecule has 0 unspecified atom stereocenters. The maximum absolute atomic E-state index is 16.2. The summed E-state index contributed by atoms with van der Waals surface area (Å²) in [6.45, 7) is 12.0. The first kappa shape index (κ1) is 34.1. The quantitative estimate of drug-likeness (QED) is 0.148. The zero-order valence-corrected chi connectivity index (χ0v) is 28.5. The number of halogens is 2. The summed E-state index contributed by atoms with van der Waals surface area (Å²) in [6.07, 6.45) is 5.19. The van der Waals surface area contributed by atoms with Gasteiger partial charge in [0.1, 0.15) is 0 Å². The van der Waals surface area contributed by atoms with Gasteiger partial charge >= 0.3 is 0 Å². The highest BCUT2D eigenvalue weighted by Crippen LogP contribution is 2.60. The second-order valence-electron chi connectivity index (χ2n) is 12.9. The van der Waals surface area contributed by atoms with Gasteiger partial charge in [0.25, 0.3) is 5.91 Å². The largest absolute Gasteiger partial charge is 0.395 e. The molecule has 1 N–H and O–H groups in total. The summed E-state index contributed by atoms with van der Waals surface area (Å²) in [7, 11) is -3.45. The number of benzene rings is 2. The highest BCUT2D eigenvalue weighted by atomic mass is 35.5. The molecule has 6 nitrogen and oxygen atoms in total. The maximum atomic E-state index is 16.2. The molecule has 4 atom stereocenters. The number of aliphatic hydroxyl groups excluding tert-OH is 1. The van der Waals surface area contributed by atoms with Crippen LogP contribution in [-0.4, -0.2) is 56.0 Å². The zero-order chi connectivity index (χ0) is 32.2. The van der Waals surface area contributed by atoms with E-state index in [0.717, 1.165) is 18.4 Å².